The van der Waals surface area contributed by atoms with Gasteiger partial charge in [-0.3, -0.25) is 4.79 Å². The number of aromatic nitrogens is 2. The SMILES string of the molecule is COc1c(-c2csc(N)n2)c(C)[nH]c(=O)c1C#N. The van der Waals surface area contributed by atoms with Gasteiger partial charge in [-0.2, -0.15) is 5.26 Å². The summed E-state index contributed by atoms with van der Waals surface area (Å²) in [5, 5.41) is 11.2. The van der Waals surface area contributed by atoms with Gasteiger partial charge in [0.2, 0.25) is 0 Å². The third-order valence-corrected chi connectivity index (χ3v) is 3.13. The number of nitrogens with two attached hydrogens (primary N) is 1. The van der Waals surface area contributed by atoms with Gasteiger partial charge in [-0.1, -0.05) is 0 Å². The Kier molecular flexibility index (Phi) is 3.04. The molecule has 0 atom stereocenters. The van der Waals surface area contributed by atoms with E-state index in [9.17, 15) is 4.79 Å². The van der Waals surface area contributed by atoms with E-state index in [0.29, 0.717) is 22.1 Å². The van der Waals surface area contributed by atoms with E-state index in [0.717, 1.165) is 0 Å². The summed E-state index contributed by atoms with van der Waals surface area (Å²) in [6.45, 7) is 1.72. The largest absolute Gasteiger partial charge is 0.494 e. The van der Waals surface area contributed by atoms with Crippen molar-refractivity contribution in [3.05, 3.63) is 27.0 Å². The predicted molar refractivity (Wildman–Crippen MR) is 68.6 cm³/mol. The molecule has 6 nitrogen and oxygen atoms in total. The molecule has 0 radical (unpaired) electrons. The van der Waals surface area contributed by atoms with Crippen LogP contribution in [0.5, 0.6) is 5.75 Å². The number of H-pyrrole nitrogens is 1. The zero-order valence-corrected chi connectivity index (χ0v) is 10.6. The summed E-state index contributed by atoms with van der Waals surface area (Å²) in [5.74, 6) is 0.226. The number of anilines is 1. The molecular weight excluding hydrogens is 252 g/mol. The normalized spacial score (nSPS) is 10.1. The number of hydrogen-bond acceptors (Lipinski definition) is 6. The van der Waals surface area contributed by atoms with Crippen molar-refractivity contribution < 1.29 is 4.74 Å². The van der Waals surface area contributed by atoms with E-state index in [-0.39, 0.29) is 11.3 Å². The molecule has 2 rings (SSSR count). The van der Waals surface area contributed by atoms with Crippen LogP contribution >= 0.6 is 11.3 Å². The molecule has 0 bridgehead atoms. The predicted octanol–water partition coefficient (Wildman–Crippen LogP) is 1.27. The van der Waals surface area contributed by atoms with Gasteiger partial charge < -0.3 is 15.5 Å². The number of aryl methyl sites for hydroxylation is 1. The fraction of sp³-hybridized carbons (Fsp3) is 0.182. The Morgan fingerprint density at radius 3 is 2.83 bits per heavy atom. The minimum atomic E-state index is -0.473. The number of ether oxygens (including phenoxy) is 1. The van der Waals surface area contributed by atoms with Crippen LogP contribution in [-0.4, -0.2) is 17.1 Å². The number of nitrogens with zero attached hydrogens (tertiary/aromatic N) is 2. The van der Waals surface area contributed by atoms with Crippen molar-refractivity contribution >= 4 is 16.5 Å². The fourth-order valence-corrected chi connectivity index (χ4v) is 2.26. The van der Waals surface area contributed by atoms with Crippen molar-refractivity contribution in [2.24, 2.45) is 0 Å². The lowest BCUT2D eigenvalue weighted by Crippen LogP contribution is -2.14. The van der Waals surface area contributed by atoms with Gasteiger partial charge >= 0.3 is 0 Å². The lowest BCUT2D eigenvalue weighted by Gasteiger charge is -2.10. The molecule has 3 N–H and O–H groups in total. The molecule has 0 aromatic carbocycles. The lowest BCUT2D eigenvalue weighted by molar-refractivity contribution is 0.413. The Morgan fingerprint density at radius 2 is 2.33 bits per heavy atom. The van der Waals surface area contributed by atoms with Crippen molar-refractivity contribution in [2.75, 3.05) is 12.8 Å². The molecule has 92 valence electrons. The first-order valence-corrected chi connectivity index (χ1v) is 5.88. The van der Waals surface area contributed by atoms with Crippen molar-refractivity contribution in [3.63, 3.8) is 0 Å². The maximum atomic E-state index is 11.6. The number of nitrogen functional groups attached to an aromatic ring is 1. The van der Waals surface area contributed by atoms with Crippen LogP contribution in [0.2, 0.25) is 0 Å². The molecule has 0 aliphatic rings. The van der Waals surface area contributed by atoms with E-state index in [1.807, 2.05) is 6.07 Å². The Balaban J connectivity index is 2.82. The minimum absolute atomic E-state index is 0.0651. The third kappa shape index (κ3) is 1.83. The number of nitriles is 1. The zero-order chi connectivity index (χ0) is 13.3. The molecule has 2 aromatic rings. The molecule has 7 heteroatoms. The molecule has 18 heavy (non-hydrogen) atoms. The van der Waals surface area contributed by atoms with E-state index in [4.69, 9.17) is 15.7 Å². The quantitative estimate of drug-likeness (QED) is 0.847. The van der Waals surface area contributed by atoms with Crippen LogP contribution in [0, 0.1) is 18.3 Å². The molecule has 2 heterocycles. The maximum absolute atomic E-state index is 11.6. The molecule has 0 aliphatic carbocycles. The summed E-state index contributed by atoms with van der Waals surface area (Å²) in [4.78, 5) is 18.4. The maximum Gasteiger partial charge on any atom is 0.269 e. The van der Waals surface area contributed by atoms with Crippen LogP contribution < -0.4 is 16.0 Å². The average molecular weight is 262 g/mol. The van der Waals surface area contributed by atoms with E-state index in [1.165, 1.54) is 18.4 Å². The van der Waals surface area contributed by atoms with Gasteiger partial charge in [0.15, 0.2) is 16.4 Å². The number of pyridine rings is 1. The van der Waals surface area contributed by atoms with Gasteiger partial charge in [-0.05, 0) is 6.92 Å². The second-order valence-corrected chi connectivity index (χ2v) is 4.43. The molecule has 0 unspecified atom stereocenters. The molecular formula is C11H10N4O2S. The number of thiazole rings is 1. The fourth-order valence-electron chi connectivity index (χ4n) is 1.71. The second kappa shape index (κ2) is 4.50. The van der Waals surface area contributed by atoms with Crippen molar-refractivity contribution in [2.45, 2.75) is 6.92 Å². The van der Waals surface area contributed by atoms with Crippen molar-refractivity contribution in [1.29, 1.82) is 5.26 Å². The Bertz CT molecular complexity index is 696. The van der Waals surface area contributed by atoms with E-state index in [1.54, 1.807) is 12.3 Å². The molecule has 0 amide bonds. The van der Waals surface area contributed by atoms with Gasteiger partial charge in [0.1, 0.15) is 6.07 Å². The Hall–Kier alpha value is -2.33. The monoisotopic (exact) mass is 262 g/mol. The number of methoxy groups -OCH3 is 1. The Labute approximate surface area is 107 Å². The van der Waals surface area contributed by atoms with Crippen LogP contribution in [0.15, 0.2) is 10.2 Å². The molecule has 0 saturated carbocycles. The average Bonchev–Trinajstić information content (AvgIpc) is 2.74. The summed E-state index contributed by atoms with van der Waals surface area (Å²) in [5.41, 5.74) is 6.80. The third-order valence-electron chi connectivity index (χ3n) is 2.45. The zero-order valence-electron chi connectivity index (χ0n) is 9.77. The first-order chi connectivity index (χ1) is 8.58. The van der Waals surface area contributed by atoms with Crippen LogP contribution in [0.25, 0.3) is 11.3 Å². The summed E-state index contributed by atoms with van der Waals surface area (Å²) in [6.07, 6.45) is 0. The number of nitrogens with one attached hydrogen (secondary N) is 1. The van der Waals surface area contributed by atoms with Gasteiger partial charge in [0, 0.05) is 11.1 Å². The summed E-state index contributed by atoms with van der Waals surface area (Å²) >= 11 is 1.28. The summed E-state index contributed by atoms with van der Waals surface area (Å²) in [7, 11) is 1.41. The van der Waals surface area contributed by atoms with Crippen molar-refractivity contribution in [3.8, 4) is 23.1 Å². The molecule has 2 aromatic heterocycles. The highest BCUT2D eigenvalue weighted by molar-refractivity contribution is 7.13. The van der Waals surface area contributed by atoms with Crippen LogP contribution in [0.3, 0.4) is 0 Å². The smallest absolute Gasteiger partial charge is 0.269 e. The van der Waals surface area contributed by atoms with Gasteiger partial charge in [-0.25, -0.2) is 4.98 Å². The number of rotatable bonds is 2. The van der Waals surface area contributed by atoms with E-state index >= 15 is 0 Å². The van der Waals surface area contributed by atoms with Crippen molar-refractivity contribution in [1.82, 2.24) is 9.97 Å². The number of hydrogen-bond donors (Lipinski definition) is 2. The first kappa shape index (κ1) is 12.1. The molecule has 0 saturated heterocycles. The lowest BCUT2D eigenvalue weighted by atomic mass is 10.1. The second-order valence-electron chi connectivity index (χ2n) is 3.55. The van der Waals surface area contributed by atoms with Crippen LogP contribution in [0.4, 0.5) is 5.13 Å². The molecule has 0 spiro atoms. The van der Waals surface area contributed by atoms with E-state index < -0.39 is 5.56 Å². The highest BCUT2D eigenvalue weighted by atomic mass is 32.1. The topological polar surface area (TPSA) is 105 Å². The van der Waals surface area contributed by atoms with Crippen LogP contribution in [-0.2, 0) is 0 Å². The minimum Gasteiger partial charge on any atom is -0.494 e. The summed E-state index contributed by atoms with van der Waals surface area (Å²) < 4.78 is 5.17. The molecule has 0 fully saturated rings. The number of aromatic amines is 1. The van der Waals surface area contributed by atoms with E-state index in [2.05, 4.69) is 9.97 Å². The molecule has 0 aliphatic heterocycles. The van der Waals surface area contributed by atoms with Gasteiger partial charge in [0.05, 0.1) is 18.4 Å². The highest BCUT2D eigenvalue weighted by Gasteiger charge is 2.19. The van der Waals surface area contributed by atoms with Crippen LogP contribution in [0.1, 0.15) is 11.3 Å². The highest BCUT2D eigenvalue weighted by Crippen LogP contribution is 2.34. The standard InChI is InChI=1S/C11H10N4O2S/c1-5-8(7-4-18-11(13)15-7)9(17-2)6(3-12)10(16)14-5/h4H,1-2H3,(H2,13,15)(H,14,16). The summed E-state index contributed by atoms with van der Waals surface area (Å²) in [6, 6.07) is 1.83. The first-order valence-electron chi connectivity index (χ1n) is 5.00. The van der Waals surface area contributed by atoms with Gasteiger partial charge in [-0.15, -0.1) is 11.3 Å². The Morgan fingerprint density at radius 1 is 1.61 bits per heavy atom. The van der Waals surface area contributed by atoms with Gasteiger partial charge in [0.25, 0.3) is 5.56 Å².